The fraction of sp³-hybridized carbons (Fsp3) is 0.933. The van der Waals surface area contributed by atoms with Crippen LogP contribution in [0.25, 0.3) is 0 Å². The number of hydrogen-bond donors (Lipinski definition) is 1. The van der Waals surface area contributed by atoms with E-state index in [2.05, 4.69) is 19.2 Å². The number of rotatable bonds is 3. The molecule has 1 heterocycles. The molecule has 4 atom stereocenters. The van der Waals surface area contributed by atoms with Crippen LogP contribution >= 0.6 is 0 Å². The molecule has 1 amide bonds. The number of nitrogens with one attached hydrogen (secondary N) is 1. The van der Waals surface area contributed by atoms with Crippen LogP contribution in [0.3, 0.4) is 0 Å². The molecule has 1 saturated heterocycles. The number of amides is 1. The Bertz CT molecular complexity index is 286. The largest absolute Gasteiger partial charge is 0.341 e. The van der Waals surface area contributed by atoms with Crippen LogP contribution in [-0.4, -0.2) is 36.0 Å². The molecule has 1 N–H and O–H groups in total. The molecule has 0 aromatic heterocycles. The van der Waals surface area contributed by atoms with E-state index in [0.717, 1.165) is 19.0 Å². The molecule has 4 unspecified atom stereocenters. The third kappa shape index (κ3) is 3.25. The van der Waals surface area contributed by atoms with Crippen LogP contribution in [0.15, 0.2) is 0 Å². The molecule has 3 nitrogen and oxygen atoms in total. The Morgan fingerprint density at radius 1 is 1.22 bits per heavy atom. The van der Waals surface area contributed by atoms with E-state index in [1.807, 2.05) is 11.8 Å². The monoisotopic (exact) mass is 252 g/mol. The fourth-order valence-electron chi connectivity index (χ4n) is 3.37. The lowest BCUT2D eigenvalue weighted by molar-refractivity contribution is -0.132. The van der Waals surface area contributed by atoms with Crippen LogP contribution in [0.5, 0.6) is 0 Å². The van der Waals surface area contributed by atoms with E-state index in [1.54, 1.807) is 0 Å². The van der Waals surface area contributed by atoms with Gasteiger partial charge in [0.2, 0.25) is 5.91 Å². The fourth-order valence-corrected chi connectivity index (χ4v) is 3.37. The number of nitrogens with zero attached hydrogens (tertiary/aromatic N) is 1. The van der Waals surface area contributed by atoms with Gasteiger partial charge in [-0.2, -0.15) is 0 Å². The van der Waals surface area contributed by atoms with Gasteiger partial charge in [0.15, 0.2) is 0 Å². The second-order valence-corrected chi connectivity index (χ2v) is 6.42. The van der Waals surface area contributed by atoms with Gasteiger partial charge in [0.05, 0.1) is 6.04 Å². The van der Waals surface area contributed by atoms with Crippen LogP contribution < -0.4 is 5.32 Å². The molecule has 0 aromatic carbocycles. The van der Waals surface area contributed by atoms with Crippen LogP contribution in [0.1, 0.15) is 52.9 Å². The van der Waals surface area contributed by atoms with Crippen molar-refractivity contribution in [3.63, 3.8) is 0 Å². The van der Waals surface area contributed by atoms with Crippen LogP contribution in [0, 0.1) is 11.8 Å². The summed E-state index contributed by atoms with van der Waals surface area (Å²) in [5.74, 6) is 1.81. The van der Waals surface area contributed by atoms with E-state index in [9.17, 15) is 4.79 Å². The molecule has 0 spiro atoms. The standard InChI is InChI=1S/C15H28N2O/c1-11-6-7-12(2)14(10-11)16-13(3)15(18)17-8-4-5-9-17/h11-14,16H,4-10H2,1-3H3. The van der Waals surface area contributed by atoms with Crippen molar-refractivity contribution >= 4 is 5.91 Å². The molecule has 0 radical (unpaired) electrons. The lowest BCUT2D eigenvalue weighted by Crippen LogP contribution is -2.50. The van der Waals surface area contributed by atoms with Gasteiger partial charge in [-0.1, -0.05) is 20.3 Å². The van der Waals surface area contributed by atoms with Gasteiger partial charge in [-0.3, -0.25) is 4.79 Å². The molecule has 2 fully saturated rings. The van der Waals surface area contributed by atoms with Crippen molar-refractivity contribution in [1.82, 2.24) is 10.2 Å². The minimum absolute atomic E-state index is 0.0131. The molecule has 1 saturated carbocycles. The summed E-state index contributed by atoms with van der Waals surface area (Å²) in [7, 11) is 0. The summed E-state index contributed by atoms with van der Waals surface area (Å²) in [6.45, 7) is 8.60. The summed E-state index contributed by atoms with van der Waals surface area (Å²) < 4.78 is 0. The Morgan fingerprint density at radius 3 is 2.56 bits per heavy atom. The first kappa shape index (κ1) is 13.9. The summed E-state index contributed by atoms with van der Waals surface area (Å²) in [5.41, 5.74) is 0. The third-order valence-corrected chi connectivity index (χ3v) is 4.71. The minimum atomic E-state index is -0.0131. The zero-order valence-corrected chi connectivity index (χ0v) is 12.1. The molecule has 0 bridgehead atoms. The van der Waals surface area contributed by atoms with E-state index < -0.39 is 0 Å². The predicted octanol–water partition coefficient (Wildman–Crippen LogP) is 2.41. The molecule has 3 heteroatoms. The molecular formula is C15H28N2O. The maximum atomic E-state index is 12.3. The second kappa shape index (κ2) is 6.05. The van der Waals surface area contributed by atoms with Gasteiger partial charge in [0, 0.05) is 19.1 Å². The van der Waals surface area contributed by atoms with E-state index in [0.29, 0.717) is 17.9 Å². The molecule has 2 aliphatic rings. The summed E-state index contributed by atoms with van der Waals surface area (Å²) in [6.07, 6.45) is 6.21. The highest BCUT2D eigenvalue weighted by molar-refractivity contribution is 5.81. The number of carbonyl (C=O) groups excluding carboxylic acids is 1. The molecule has 2 rings (SSSR count). The highest BCUT2D eigenvalue weighted by atomic mass is 16.2. The van der Waals surface area contributed by atoms with Crippen LogP contribution in [-0.2, 0) is 4.79 Å². The lowest BCUT2D eigenvalue weighted by Gasteiger charge is -2.35. The van der Waals surface area contributed by atoms with Crippen molar-refractivity contribution in [2.24, 2.45) is 11.8 Å². The van der Waals surface area contributed by atoms with Crippen molar-refractivity contribution in [3.8, 4) is 0 Å². The number of hydrogen-bond acceptors (Lipinski definition) is 2. The maximum Gasteiger partial charge on any atom is 0.239 e. The highest BCUT2D eigenvalue weighted by Crippen LogP contribution is 2.28. The van der Waals surface area contributed by atoms with E-state index in [-0.39, 0.29) is 6.04 Å². The van der Waals surface area contributed by atoms with Gasteiger partial charge in [-0.15, -0.1) is 0 Å². The van der Waals surface area contributed by atoms with Crippen LogP contribution in [0.4, 0.5) is 0 Å². The Morgan fingerprint density at radius 2 is 1.89 bits per heavy atom. The van der Waals surface area contributed by atoms with Crippen molar-refractivity contribution in [3.05, 3.63) is 0 Å². The normalized spacial score (nSPS) is 34.6. The Hall–Kier alpha value is -0.570. The van der Waals surface area contributed by atoms with E-state index in [1.165, 1.54) is 32.1 Å². The Balaban J connectivity index is 1.85. The smallest absolute Gasteiger partial charge is 0.239 e. The maximum absolute atomic E-state index is 12.3. The van der Waals surface area contributed by atoms with E-state index in [4.69, 9.17) is 0 Å². The first-order chi connectivity index (χ1) is 8.58. The Kier molecular flexibility index (Phi) is 4.66. The average molecular weight is 252 g/mol. The zero-order chi connectivity index (χ0) is 13.1. The molecule has 104 valence electrons. The quantitative estimate of drug-likeness (QED) is 0.836. The minimum Gasteiger partial charge on any atom is -0.341 e. The molecule has 18 heavy (non-hydrogen) atoms. The first-order valence-corrected chi connectivity index (χ1v) is 7.62. The van der Waals surface area contributed by atoms with Gasteiger partial charge in [-0.25, -0.2) is 0 Å². The van der Waals surface area contributed by atoms with Gasteiger partial charge in [0.25, 0.3) is 0 Å². The third-order valence-electron chi connectivity index (χ3n) is 4.71. The summed E-state index contributed by atoms with van der Waals surface area (Å²) in [6, 6.07) is 0.510. The number of carbonyl (C=O) groups is 1. The molecular weight excluding hydrogens is 224 g/mol. The van der Waals surface area contributed by atoms with Crippen LogP contribution in [0.2, 0.25) is 0 Å². The molecule has 1 aliphatic carbocycles. The van der Waals surface area contributed by atoms with Crippen molar-refractivity contribution in [2.45, 2.75) is 65.0 Å². The van der Waals surface area contributed by atoms with Gasteiger partial charge in [-0.05, 0) is 44.4 Å². The topological polar surface area (TPSA) is 32.3 Å². The van der Waals surface area contributed by atoms with Crippen molar-refractivity contribution in [1.29, 1.82) is 0 Å². The molecule has 0 aromatic rings. The van der Waals surface area contributed by atoms with Crippen molar-refractivity contribution in [2.75, 3.05) is 13.1 Å². The SMILES string of the molecule is CC1CCC(C)C(NC(C)C(=O)N2CCCC2)C1. The van der Waals surface area contributed by atoms with E-state index >= 15 is 0 Å². The predicted molar refractivity (Wildman–Crippen MR) is 74.4 cm³/mol. The van der Waals surface area contributed by atoms with Gasteiger partial charge < -0.3 is 10.2 Å². The van der Waals surface area contributed by atoms with Gasteiger partial charge in [0.1, 0.15) is 0 Å². The number of likely N-dealkylation sites (tertiary alicyclic amines) is 1. The first-order valence-electron chi connectivity index (χ1n) is 7.62. The summed E-state index contributed by atoms with van der Waals surface area (Å²) in [4.78, 5) is 14.3. The second-order valence-electron chi connectivity index (χ2n) is 6.42. The lowest BCUT2D eigenvalue weighted by atomic mass is 9.80. The Labute approximate surface area is 111 Å². The summed E-state index contributed by atoms with van der Waals surface area (Å²) in [5, 5.41) is 3.58. The van der Waals surface area contributed by atoms with Crippen molar-refractivity contribution < 1.29 is 4.79 Å². The summed E-state index contributed by atoms with van der Waals surface area (Å²) >= 11 is 0. The average Bonchev–Trinajstić information content (AvgIpc) is 2.86. The zero-order valence-electron chi connectivity index (χ0n) is 12.1. The molecule has 1 aliphatic heterocycles. The highest BCUT2D eigenvalue weighted by Gasteiger charge is 2.30. The van der Waals surface area contributed by atoms with Gasteiger partial charge >= 0.3 is 0 Å².